The van der Waals surface area contributed by atoms with Gasteiger partial charge in [-0.15, -0.1) is 0 Å². The minimum atomic E-state index is -0.221. The number of hydrogen-bond acceptors (Lipinski definition) is 3. The summed E-state index contributed by atoms with van der Waals surface area (Å²) in [5.74, 6) is 0.104. The van der Waals surface area contributed by atoms with Gasteiger partial charge in [0, 0.05) is 5.56 Å². The normalized spacial score (nSPS) is 10.2. The molecule has 0 aliphatic rings. The number of aryl methyl sites for hydroxylation is 2. The molecule has 0 radical (unpaired) electrons. The van der Waals surface area contributed by atoms with Gasteiger partial charge in [0.2, 0.25) is 0 Å². The summed E-state index contributed by atoms with van der Waals surface area (Å²) in [7, 11) is 1.52. The third kappa shape index (κ3) is 3.57. The zero-order valence-corrected chi connectivity index (χ0v) is 12.5. The lowest BCUT2D eigenvalue weighted by molar-refractivity contribution is 0.0892. The van der Waals surface area contributed by atoms with Crippen LogP contribution in [-0.2, 0) is 0 Å². The second kappa shape index (κ2) is 6.35. The molecular weight excluding hydrogens is 264 g/mol. The van der Waals surface area contributed by atoms with Crippen molar-refractivity contribution < 1.29 is 14.3 Å². The summed E-state index contributed by atoms with van der Waals surface area (Å²) >= 11 is 0. The predicted molar refractivity (Wildman–Crippen MR) is 82.2 cm³/mol. The Labute approximate surface area is 124 Å². The number of carbonyl (C=O) groups excluding carboxylic acids is 2. The molecule has 0 saturated carbocycles. The fraction of sp³-hybridized carbons (Fsp3) is 0.222. The van der Waals surface area contributed by atoms with Crippen LogP contribution in [0.4, 0.5) is 0 Å². The Hall–Kier alpha value is -2.42. The van der Waals surface area contributed by atoms with Crippen LogP contribution in [0.15, 0.2) is 42.5 Å². The van der Waals surface area contributed by atoms with E-state index in [9.17, 15) is 9.59 Å². The van der Waals surface area contributed by atoms with E-state index < -0.39 is 0 Å². The van der Waals surface area contributed by atoms with Crippen molar-refractivity contribution in [2.24, 2.45) is 0 Å². The Bertz CT molecular complexity index is 669. The van der Waals surface area contributed by atoms with Crippen LogP contribution in [0.3, 0.4) is 0 Å². The number of Topliss-reactive ketones (excluding diaryl/α,β-unsaturated/α-hetero) is 2. The van der Waals surface area contributed by atoms with E-state index in [0.717, 1.165) is 11.1 Å². The molecule has 0 aliphatic carbocycles. The summed E-state index contributed by atoms with van der Waals surface area (Å²) in [6, 6.07) is 12.6. The summed E-state index contributed by atoms with van der Waals surface area (Å²) in [5, 5.41) is 0. The average molecular weight is 282 g/mol. The first-order valence-electron chi connectivity index (χ1n) is 6.79. The predicted octanol–water partition coefficient (Wildman–Crippen LogP) is 3.77. The molecule has 0 heterocycles. The second-order valence-corrected chi connectivity index (χ2v) is 5.09. The molecule has 0 saturated heterocycles. The number of rotatable bonds is 5. The topological polar surface area (TPSA) is 43.4 Å². The first kappa shape index (κ1) is 15.0. The SMILES string of the molecule is COc1ccc(C)cc1C(=O)CC(=O)c1ccc(C)cc1. The van der Waals surface area contributed by atoms with Gasteiger partial charge in [-0.05, 0) is 26.0 Å². The second-order valence-electron chi connectivity index (χ2n) is 5.09. The Balaban J connectivity index is 2.20. The van der Waals surface area contributed by atoms with E-state index >= 15 is 0 Å². The molecule has 2 aromatic rings. The van der Waals surface area contributed by atoms with Gasteiger partial charge in [0.05, 0.1) is 19.1 Å². The molecule has 0 aliphatic heterocycles. The standard InChI is InChI=1S/C18H18O3/c1-12-4-7-14(8-5-12)16(19)11-17(20)15-10-13(2)6-9-18(15)21-3/h4-10H,11H2,1-3H3. The minimum absolute atomic E-state index is 0.150. The Morgan fingerprint density at radius 1 is 0.905 bits per heavy atom. The molecule has 0 unspecified atom stereocenters. The number of benzene rings is 2. The lowest BCUT2D eigenvalue weighted by atomic mass is 9.99. The van der Waals surface area contributed by atoms with Crippen molar-refractivity contribution in [3.8, 4) is 5.75 Å². The average Bonchev–Trinajstić information content (AvgIpc) is 2.47. The molecule has 0 N–H and O–H groups in total. The van der Waals surface area contributed by atoms with Crippen molar-refractivity contribution in [2.45, 2.75) is 20.3 Å². The maximum Gasteiger partial charge on any atom is 0.174 e. The summed E-state index contributed by atoms with van der Waals surface area (Å²) in [5.41, 5.74) is 3.05. The van der Waals surface area contributed by atoms with Gasteiger partial charge in [-0.3, -0.25) is 9.59 Å². The Morgan fingerprint density at radius 2 is 1.52 bits per heavy atom. The molecule has 3 nitrogen and oxygen atoms in total. The van der Waals surface area contributed by atoms with E-state index in [2.05, 4.69) is 0 Å². The number of methoxy groups -OCH3 is 1. The van der Waals surface area contributed by atoms with E-state index in [-0.39, 0.29) is 18.0 Å². The first-order valence-corrected chi connectivity index (χ1v) is 6.79. The number of carbonyl (C=O) groups is 2. The van der Waals surface area contributed by atoms with E-state index in [1.807, 2.05) is 32.0 Å². The number of ether oxygens (including phenoxy) is 1. The molecule has 108 valence electrons. The molecular formula is C18H18O3. The lowest BCUT2D eigenvalue weighted by Gasteiger charge is -2.08. The molecule has 0 spiro atoms. The number of ketones is 2. The third-order valence-electron chi connectivity index (χ3n) is 3.35. The van der Waals surface area contributed by atoms with Crippen molar-refractivity contribution in [3.05, 3.63) is 64.7 Å². The summed E-state index contributed by atoms with van der Waals surface area (Å²) < 4.78 is 5.19. The molecule has 2 aromatic carbocycles. The Kier molecular flexibility index (Phi) is 4.53. The van der Waals surface area contributed by atoms with Crippen LogP contribution >= 0.6 is 0 Å². The third-order valence-corrected chi connectivity index (χ3v) is 3.35. The van der Waals surface area contributed by atoms with Crippen molar-refractivity contribution in [3.63, 3.8) is 0 Å². The highest BCUT2D eigenvalue weighted by atomic mass is 16.5. The summed E-state index contributed by atoms with van der Waals surface area (Å²) in [6.07, 6.45) is -0.150. The highest BCUT2D eigenvalue weighted by Gasteiger charge is 2.17. The van der Waals surface area contributed by atoms with E-state index in [4.69, 9.17) is 4.74 Å². The molecule has 0 atom stereocenters. The van der Waals surface area contributed by atoms with E-state index in [1.54, 1.807) is 24.3 Å². The largest absolute Gasteiger partial charge is 0.496 e. The number of hydrogen-bond donors (Lipinski definition) is 0. The van der Waals surface area contributed by atoms with Crippen LogP contribution in [0, 0.1) is 13.8 Å². The van der Waals surface area contributed by atoms with Gasteiger partial charge < -0.3 is 4.74 Å². The molecule has 2 rings (SSSR count). The Morgan fingerprint density at radius 3 is 2.14 bits per heavy atom. The molecule has 0 amide bonds. The molecule has 0 fully saturated rings. The van der Waals surface area contributed by atoms with Gasteiger partial charge in [-0.1, -0.05) is 41.5 Å². The van der Waals surface area contributed by atoms with Crippen molar-refractivity contribution >= 4 is 11.6 Å². The van der Waals surface area contributed by atoms with Crippen LogP contribution in [0.5, 0.6) is 5.75 Å². The van der Waals surface area contributed by atoms with Gasteiger partial charge >= 0.3 is 0 Å². The van der Waals surface area contributed by atoms with Crippen LogP contribution in [0.2, 0.25) is 0 Å². The van der Waals surface area contributed by atoms with Crippen LogP contribution in [0.25, 0.3) is 0 Å². The quantitative estimate of drug-likeness (QED) is 0.619. The fourth-order valence-corrected chi connectivity index (χ4v) is 2.12. The maximum atomic E-state index is 12.3. The van der Waals surface area contributed by atoms with Crippen molar-refractivity contribution in [2.75, 3.05) is 7.11 Å². The smallest absolute Gasteiger partial charge is 0.174 e. The van der Waals surface area contributed by atoms with E-state index in [1.165, 1.54) is 7.11 Å². The monoisotopic (exact) mass is 282 g/mol. The minimum Gasteiger partial charge on any atom is -0.496 e. The van der Waals surface area contributed by atoms with Gasteiger partial charge in [0.15, 0.2) is 11.6 Å². The molecule has 21 heavy (non-hydrogen) atoms. The highest BCUT2D eigenvalue weighted by Crippen LogP contribution is 2.22. The summed E-state index contributed by atoms with van der Waals surface area (Å²) in [4.78, 5) is 24.5. The highest BCUT2D eigenvalue weighted by molar-refractivity contribution is 6.14. The first-order chi connectivity index (χ1) is 10.0. The molecule has 0 aromatic heterocycles. The maximum absolute atomic E-state index is 12.3. The fourth-order valence-electron chi connectivity index (χ4n) is 2.12. The van der Waals surface area contributed by atoms with Crippen molar-refractivity contribution in [1.29, 1.82) is 0 Å². The van der Waals surface area contributed by atoms with Crippen molar-refractivity contribution in [1.82, 2.24) is 0 Å². The van der Waals surface area contributed by atoms with Crippen LogP contribution in [-0.4, -0.2) is 18.7 Å². The van der Waals surface area contributed by atoms with Gasteiger partial charge in [0.25, 0.3) is 0 Å². The van der Waals surface area contributed by atoms with Gasteiger partial charge in [-0.25, -0.2) is 0 Å². The van der Waals surface area contributed by atoms with Gasteiger partial charge in [-0.2, -0.15) is 0 Å². The van der Waals surface area contributed by atoms with E-state index in [0.29, 0.717) is 16.9 Å². The van der Waals surface area contributed by atoms with Crippen LogP contribution < -0.4 is 4.74 Å². The zero-order chi connectivity index (χ0) is 15.4. The lowest BCUT2D eigenvalue weighted by Crippen LogP contribution is -2.10. The molecule has 0 bridgehead atoms. The molecule has 3 heteroatoms. The zero-order valence-electron chi connectivity index (χ0n) is 12.5. The van der Waals surface area contributed by atoms with Crippen LogP contribution in [0.1, 0.15) is 38.3 Å². The summed E-state index contributed by atoms with van der Waals surface area (Å²) in [6.45, 7) is 3.86. The van der Waals surface area contributed by atoms with Gasteiger partial charge in [0.1, 0.15) is 5.75 Å².